The highest BCUT2D eigenvalue weighted by Crippen LogP contribution is 2.24. The van der Waals surface area contributed by atoms with Gasteiger partial charge in [-0.1, -0.05) is 74.5 Å². The van der Waals surface area contributed by atoms with Gasteiger partial charge in [0.15, 0.2) is 12.2 Å². The maximum absolute atomic E-state index is 13.0. The number of amides is 6. The summed E-state index contributed by atoms with van der Waals surface area (Å²) in [5.41, 5.74) is 5.97. The van der Waals surface area contributed by atoms with Crippen LogP contribution in [0.1, 0.15) is 44.7 Å². The number of likely N-dealkylation sites (N-methyl/N-ethyl adjacent to an activating group) is 1. The molecule has 5 atom stereocenters. The van der Waals surface area contributed by atoms with Gasteiger partial charge < -0.3 is 30.7 Å². The SMILES string of the molecule is CC(C)[C@H](NC(=O)CCc1ccccc1)C(=O)N[C@@H](C)C(=O)N[C@@H](CC(=O)O)C(=O)NNC(=O)C1OC1C(=O)N(C)Cc1ccccc1. The molecule has 6 N–H and O–H groups in total. The molecule has 0 aromatic heterocycles. The number of rotatable bonds is 16. The third-order valence-electron chi connectivity index (χ3n) is 7.45. The Labute approximate surface area is 278 Å². The van der Waals surface area contributed by atoms with E-state index in [4.69, 9.17) is 4.74 Å². The van der Waals surface area contributed by atoms with E-state index < -0.39 is 72.3 Å². The molecular formula is C33H42N6O9. The number of epoxide rings is 1. The molecule has 15 heteroatoms. The predicted molar refractivity (Wildman–Crippen MR) is 171 cm³/mol. The zero-order valence-electron chi connectivity index (χ0n) is 27.2. The third kappa shape index (κ3) is 11.5. The Kier molecular flexibility index (Phi) is 13.6. The second-order valence-corrected chi connectivity index (χ2v) is 11.8. The number of aliphatic carboxylic acids is 1. The van der Waals surface area contributed by atoms with Crippen molar-refractivity contribution in [1.82, 2.24) is 31.7 Å². The van der Waals surface area contributed by atoms with Crippen molar-refractivity contribution in [2.75, 3.05) is 7.05 Å². The van der Waals surface area contributed by atoms with Gasteiger partial charge in [0.05, 0.1) is 6.42 Å². The molecule has 2 unspecified atom stereocenters. The molecule has 2 aromatic rings. The van der Waals surface area contributed by atoms with Gasteiger partial charge in [-0.3, -0.25) is 44.4 Å². The number of carboxylic acids is 1. The van der Waals surface area contributed by atoms with E-state index in [-0.39, 0.29) is 18.2 Å². The molecular weight excluding hydrogens is 624 g/mol. The van der Waals surface area contributed by atoms with Crippen molar-refractivity contribution < 1.29 is 43.4 Å². The van der Waals surface area contributed by atoms with Crippen molar-refractivity contribution in [3.8, 4) is 0 Å². The van der Waals surface area contributed by atoms with Crippen molar-refractivity contribution in [2.24, 2.45) is 5.92 Å². The Morgan fingerprint density at radius 2 is 1.38 bits per heavy atom. The summed E-state index contributed by atoms with van der Waals surface area (Å²) in [6.45, 7) is 5.07. The minimum atomic E-state index is -1.64. The van der Waals surface area contributed by atoms with Crippen molar-refractivity contribution >= 4 is 41.4 Å². The lowest BCUT2D eigenvalue weighted by Crippen LogP contribution is -2.58. The van der Waals surface area contributed by atoms with Crippen LogP contribution >= 0.6 is 0 Å². The van der Waals surface area contributed by atoms with Crippen molar-refractivity contribution in [3.05, 3.63) is 71.8 Å². The molecule has 1 saturated heterocycles. The van der Waals surface area contributed by atoms with Crippen LogP contribution in [-0.2, 0) is 51.3 Å². The maximum atomic E-state index is 13.0. The van der Waals surface area contributed by atoms with E-state index >= 15 is 0 Å². The molecule has 6 amide bonds. The van der Waals surface area contributed by atoms with E-state index in [1.165, 1.54) is 11.8 Å². The Balaban J connectivity index is 1.48. The average Bonchev–Trinajstić information content (AvgIpc) is 3.86. The summed E-state index contributed by atoms with van der Waals surface area (Å²) in [7, 11) is 1.56. The van der Waals surface area contributed by atoms with Crippen LogP contribution in [0.3, 0.4) is 0 Å². The lowest BCUT2D eigenvalue weighted by molar-refractivity contribution is -0.141. The van der Waals surface area contributed by atoms with Gasteiger partial charge >= 0.3 is 5.97 Å². The fraction of sp³-hybridized carbons (Fsp3) is 0.424. The van der Waals surface area contributed by atoms with Gasteiger partial charge in [0.2, 0.25) is 17.7 Å². The number of hydrogen-bond acceptors (Lipinski definition) is 8. The Bertz CT molecular complexity index is 1470. The fourth-order valence-corrected chi connectivity index (χ4v) is 4.67. The lowest BCUT2D eigenvalue weighted by atomic mass is 10.0. The predicted octanol–water partition coefficient (Wildman–Crippen LogP) is -0.202. The van der Waals surface area contributed by atoms with Crippen molar-refractivity contribution in [2.45, 2.75) is 76.9 Å². The summed E-state index contributed by atoms with van der Waals surface area (Å²) in [4.78, 5) is 89.2. The molecule has 1 fully saturated rings. The molecule has 1 heterocycles. The molecule has 1 aliphatic heterocycles. The van der Waals surface area contributed by atoms with Crippen LogP contribution in [0.5, 0.6) is 0 Å². The Morgan fingerprint density at radius 1 is 0.771 bits per heavy atom. The number of nitrogens with zero attached hydrogens (tertiary/aromatic N) is 1. The first-order valence-corrected chi connectivity index (χ1v) is 15.5. The molecule has 258 valence electrons. The zero-order valence-corrected chi connectivity index (χ0v) is 27.2. The van der Waals surface area contributed by atoms with Crippen LogP contribution in [0.4, 0.5) is 0 Å². The highest BCUT2D eigenvalue weighted by molar-refractivity contribution is 5.98. The molecule has 0 bridgehead atoms. The summed E-state index contributed by atoms with van der Waals surface area (Å²) >= 11 is 0. The van der Waals surface area contributed by atoms with Crippen LogP contribution in [0.2, 0.25) is 0 Å². The van der Waals surface area contributed by atoms with Crippen molar-refractivity contribution in [1.29, 1.82) is 0 Å². The van der Waals surface area contributed by atoms with E-state index in [1.807, 2.05) is 66.1 Å². The number of ether oxygens (including phenoxy) is 1. The number of aryl methyl sites for hydroxylation is 1. The van der Waals surface area contributed by atoms with Gasteiger partial charge in [0.1, 0.15) is 18.1 Å². The lowest BCUT2D eigenvalue weighted by Gasteiger charge is -2.25. The first-order chi connectivity index (χ1) is 22.8. The standard InChI is InChI=1S/C33H42N6O9/c1-19(2)26(36-24(40)16-15-21-11-7-5-8-12-21)31(45)34-20(3)29(43)35-23(17-25(41)42)30(44)37-38-32(46)27-28(48-27)33(47)39(4)18-22-13-9-6-10-14-22/h5-14,19-20,23,26-28H,15-18H2,1-4H3,(H,34,45)(H,35,43)(H,36,40)(H,37,44)(H,38,46)(H,41,42)/t20-,23-,26-,27?,28?/m0/s1. The number of carboxylic acid groups (broad SMARTS) is 1. The first-order valence-electron chi connectivity index (χ1n) is 15.5. The number of hydrazine groups is 1. The Morgan fingerprint density at radius 3 is 1.96 bits per heavy atom. The van der Waals surface area contributed by atoms with Crippen molar-refractivity contribution in [3.63, 3.8) is 0 Å². The summed E-state index contributed by atoms with van der Waals surface area (Å²) in [5.74, 6) is -5.98. The molecule has 3 rings (SSSR count). The second kappa shape index (κ2) is 17.6. The van der Waals surface area contributed by atoms with E-state index in [0.29, 0.717) is 13.0 Å². The third-order valence-corrected chi connectivity index (χ3v) is 7.45. The number of hydrogen-bond donors (Lipinski definition) is 6. The summed E-state index contributed by atoms with van der Waals surface area (Å²) in [5, 5.41) is 16.7. The van der Waals surface area contributed by atoms with Crippen LogP contribution in [0.25, 0.3) is 0 Å². The van der Waals surface area contributed by atoms with Gasteiger partial charge in [-0.25, -0.2) is 0 Å². The zero-order chi connectivity index (χ0) is 35.4. The van der Waals surface area contributed by atoms with Crippen LogP contribution < -0.4 is 26.8 Å². The molecule has 0 radical (unpaired) electrons. The fourth-order valence-electron chi connectivity index (χ4n) is 4.67. The average molecular weight is 667 g/mol. The number of benzene rings is 2. The first kappa shape index (κ1) is 37.2. The highest BCUT2D eigenvalue weighted by Gasteiger charge is 2.51. The molecule has 15 nitrogen and oxygen atoms in total. The van der Waals surface area contributed by atoms with E-state index in [0.717, 1.165) is 11.1 Å². The molecule has 1 aliphatic rings. The summed E-state index contributed by atoms with van der Waals surface area (Å²) < 4.78 is 5.20. The number of carbonyl (C=O) groups excluding carboxylic acids is 6. The largest absolute Gasteiger partial charge is 0.481 e. The molecule has 0 aliphatic carbocycles. The van der Waals surface area contributed by atoms with Crippen LogP contribution in [0.15, 0.2) is 60.7 Å². The highest BCUT2D eigenvalue weighted by atomic mass is 16.6. The van der Waals surface area contributed by atoms with Gasteiger partial charge in [-0.2, -0.15) is 0 Å². The summed E-state index contributed by atoms with van der Waals surface area (Å²) in [6.07, 6.45) is -2.45. The Hall–Kier alpha value is -5.31. The van der Waals surface area contributed by atoms with Gasteiger partial charge in [0.25, 0.3) is 17.7 Å². The van der Waals surface area contributed by atoms with Gasteiger partial charge in [-0.15, -0.1) is 0 Å². The summed E-state index contributed by atoms with van der Waals surface area (Å²) in [6, 6.07) is 14.7. The van der Waals surface area contributed by atoms with Crippen LogP contribution in [0, 0.1) is 5.92 Å². The molecule has 0 saturated carbocycles. The molecule has 0 spiro atoms. The minimum absolute atomic E-state index is 0.147. The van der Waals surface area contributed by atoms with Gasteiger partial charge in [-0.05, 0) is 30.4 Å². The quantitative estimate of drug-likeness (QED) is 0.103. The van der Waals surface area contributed by atoms with E-state index in [2.05, 4.69) is 21.4 Å². The normalized spacial score (nSPS) is 16.8. The van der Waals surface area contributed by atoms with E-state index in [9.17, 15) is 38.7 Å². The second-order valence-electron chi connectivity index (χ2n) is 11.8. The number of carbonyl (C=O) groups is 7. The monoisotopic (exact) mass is 666 g/mol. The topological polar surface area (TPSA) is 216 Å². The van der Waals surface area contributed by atoms with E-state index in [1.54, 1.807) is 20.9 Å². The van der Waals surface area contributed by atoms with Crippen LogP contribution in [-0.4, -0.2) is 88.8 Å². The smallest absolute Gasteiger partial charge is 0.305 e. The maximum Gasteiger partial charge on any atom is 0.305 e. The van der Waals surface area contributed by atoms with Gasteiger partial charge in [0, 0.05) is 20.0 Å². The molecule has 48 heavy (non-hydrogen) atoms. The molecule has 2 aromatic carbocycles. The minimum Gasteiger partial charge on any atom is -0.481 e. The number of nitrogens with one attached hydrogen (secondary N) is 5.